The van der Waals surface area contributed by atoms with Crippen LogP contribution < -0.4 is 36.6 Å². The van der Waals surface area contributed by atoms with Crippen molar-refractivity contribution in [1.82, 2.24) is 0 Å². The molecule has 2 unspecified atom stereocenters. The van der Waals surface area contributed by atoms with Gasteiger partial charge in [-0.05, 0) is 0 Å². The standard InChI is InChI=1S/2C31H32GeO2.2C4H9.Sn/c2*1-22-9-15-26(16-10-22)32(27-17-11-23(2)12-18-27,28-19-13-24(3)14-20-28)30(21-31(33)34)29-8-6-5-7-25(29)4;2*1-3-4-2;/h2*5-20,30H,21H2,1-4H3,(H,33,34);2*1,3-4H2,2H3;/q;;;;+2/p-2. The smallest absolute Gasteiger partial charge is 0.0654 e. The van der Waals surface area contributed by atoms with Gasteiger partial charge in [0.25, 0.3) is 0 Å². The van der Waals surface area contributed by atoms with Gasteiger partial charge in [-0.1, -0.05) is 53.4 Å². The first-order valence-electron chi connectivity index (χ1n) is 27.0. The van der Waals surface area contributed by atoms with Gasteiger partial charge in [0.15, 0.2) is 0 Å². The summed E-state index contributed by atoms with van der Waals surface area (Å²) in [6.45, 7) is 28.2. The summed E-state index contributed by atoms with van der Waals surface area (Å²) in [5.74, 6) is -2.01. The molecule has 0 amide bonds. The maximum Gasteiger partial charge on any atom is 2.00 e. The third-order valence-corrected chi connectivity index (χ3v) is 36.9. The van der Waals surface area contributed by atoms with Gasteiger partial charge in [0.05, 0.1) is 0 Å². The zero-order chi connectivity index (χ0) is 55.4. The number of carbonyl (C=O) groups excluding carboxylic acids is 2. The number of carboxylic acid groups (broad SMARTS) is 2. The van der Waals surface area contributed by atoms with Crippen LogP contribution in [0.2, 0.25) is 0 Å². The van der Waals surface area contributed by atoms with Crippen LogP contribution in [0.3, 0.4) is 0 Å². The molecule has 8 aromatic carbocycles. The molecule has 0 N–H and O–H groups in total. The van der Waals surface area contributed by atoms with E-state index in [0.29, 0.717) is 0 Å². The summed E-state index contributed by atoms with van der Waals surface area (Å²) in [5, 5.41) is 24.6. The molecule has 2 atom stereocenters. The molecule has 0 aliphatic heterocycles. The summed E-state index contributed by atoms with van der Waals surface area (Å²) in [7, 11) is 0. The normalized spacial score (nSPS) is 11.7. The number of carbonyl (C=O) groups is 2. The number of benzene rings is 8. The van der Waals surface area contributed by atoms with Gasteiger partial charge in [-0.3, -0.25) is 0 Å². The molecule has 0 fully saturated rings. The maximum absolute atomic E-state index is 12.3. The molecule has 0 heterocycles. The summed E-state index contributed by atoms with van der Waals surface area (Å²) in [5.41, 5.74) is 11.6. The zero-order valence-electron chi connectivity index (χ0n) is 47.4. The Bertz CT molecular complexity index is 2600. The molecule has 0 saturated carbocycles. The quantitative estimate of drug-likeness (QED) is 0.0903. The number of hydrogen-bond acceptors (Lipinski definition) is 4. The van der Waals surface area contributed by atoms with E-state index in [0.717, 1.165) is 35.1 Å². The van der Waals surface area contributed by atoms with Crippen molar-refractivity contribution in [3.63, 3.8) is 0 Å². The molecule has 0 aromatic heterocycles. The summed E-state index contributed by atoms with van der Waals surface area (Å²) in [6.07, 6.45) is 4.53. The van der Waals surface area contributed by atoms with E-state index in [-0.39, 0.29) is 46.3 Å². The van der Waals surface area contributed by atoms with E-state index in [4.69, 9.17) is 0 Å². The van der Waals surface area contributed by atoms with E-state index in [1.165, 1.54) is 72.6 Å². The van der Waals surface area contributed by atoms with E-state index in [1.54, 1.807) is 0 Å². The molecule has 0 bridgehead atoms. The molecule has 0 aliphatic carbocycles. The van der Waals surface area contributed by atoms with Gasteiger partial charge < -0.3 is 0 Å². The first-order valence-corrected chi connectivity index (χ1v) is 35.7. The minimum absolute atomic E-state index is 0. The van der Waals surface area contributed by atoms with Crippen molar-refractivity contribution in [1.29, 1.82) is 0 Å². The molecular formula is C70H80Ge2O4Sn. The van der Waals surface area contributed by atoms with Crippen molar-refractivity contribution in [3.8, 4) is 0 Å². The Morgan fingerprint density at radius 1 is 0.364 bits per heavy atom. The average molecular weight is 1250 g/mol. The van der Waals surface area contributed by atoms with Crippen LogP contribution in [0.5, 0.6) is 0 Å². The maximum atomic E-state index is 12.3. The van der Waals surface area contributed by atoms with Gasteiger partial charge in [-0.2, -0.15) is 0 Å². The van der Waals surface area contributed by atoms with E-state index in [2.05, 4.69) is 253 Å². The third kappa shape index (κ3) is 16.3. The molecule has 0 saturated heterocycles. The number of carboxylic acids is 2. The van der Waals surface area contributed by atoms with Crippen LogP contribution in [-0.4, -0.2) is 62.4 Å². The fourth-order valence-corrected chi connectivity index (χ4v) is 33.7. The molecule has 4 nitrogen and oxygen atoms in total. The Morgan fingerprint density at radius 2 is 0.545 bits per heavy atom. The van der Waals surface area contributed by atoms with Gasteiger partial charge in [0.1, 0.15) is 0 Å². The zero-order valence-corrected chi connectivity index (χ0v) is 54.5. The van der Waals surface area contributed by atoms with Crippen LogP contribution in [0.25, 0.3) is 0 Å². The average Bonchev–Trinajstić information content (AvgIpc) is 3.44. The molecule has 7 heteroatoms. The summed E-state index contributed by atoms with van der Waals surface area (Å²) in [6, 6.07) is 69.2. The molecule has 77 heavy (non-hydrogen) atoms. The van der Waals surface area contributed by atoms with Crippen LogP contribution >= 0.6 is 0 Å². The van der Waals surface area contributed by atoms with Crippen LogP contribution in [0.4, 0.5) is 0 Å². The fourth-order valence-electron chi connectivity index (χ4n) is 10.4. The van der Waals surface area contributed by atoms with Crippen molar-refractivity contribution < 1.29 is 19.8 Å². The monoisotopic (exact) mass is 1250 g/mol. The summed E-state index contributed by atoms with van der Waals surface area (Å²) in [4.78, 5) is 24.6. The number of rotatable bonds is 16. The SMILES string of the molecule is Cc1cc[c]([Ge]([c]2ccc(C)cc2)([c]2ccc(C)cc2)[CH](CC(=O)[O-])c2ccccc2C)cc1.Cc1cc[c]([Ge]([c]2ccc(C)cc2)([c]2ccc(C)cc2)[CH](CC(=O)[O-])c2ccccc2C)cc1.[CH2]CCC.[CH2]CCC.[Sn+2]. The van der Waals surface area contributed by atoms with Gasteiger partial charge in [0.2, 0.25) is 0 Å². The predicted octanol–water partition coefficient (Wildman–Crippen LogP) is 10.6. The topological polar surface area (TPSA) is 80.3 Å². The Hall–Kier alpha value is -5.42. The molecular weight excluding hydrogens is 1170 g/mol. The molecule has 4 radical (unpaired) electrons. The van der Waals surface area contributed by atoms with Crippen LogP contribution in [0, 0.1) is 69.2 Å². The summed E-state index contributed by atoms with van der Waals surface area (Å²) < 4.78 is 7.18. The fraction of sp³-hybridized carbons (Fsp3) is 0.257. The molecule has 8 rings (SSSR count). The largest absolute Gasteiger partial charge is 2.00 e. The number of unbranched alkanes of at least 4 members (excludes halogenated alkanes) is 2. The Labute approximate surface area is 485 Å². The van der Waals surface area contributed by atoms with Crippen molar-refractivity contribution in [3.05, 3.63) is 264 Å². The minimum atomic E-state index is -3.63. The predicted molar refractivity (Wildman–Crippen MR) is 330 cm³/mol. The number of aliphatic carboxylic acids is 2. The minimum Gasteiger partial charge on any atom is -0.0654 e. The second kappa shape index (κ2) is 31.2. The van der Waals surface area contributed by atoms with E-state index >= 15 is 0 Å². The Balaban J connectivity index is 0.000000288. The van der Waals surface area contributed by atoms with Crippen molar-refractivity contribution in [2.24, 2.45) is 0 Å². The van der Waals surface area contributed by atoms with Gasteiger partial charge >= 0.3 is 436 Å². The first-order chi connectivity index (χ1) is 36.5. The van der Waals surface area contributed by atoms with Crippen molar-refractivity contribution in [2.45, 2.75) is 117 Å². The molecule has 396 valence electrons. The Morgan fingerprint density at radius 3 is 0.701 bits per heavy atom. The molecule has 0 aliphatic rings. The van der Waals surface area contributed by atoms with E-state index < -0.39 is 38.5 Å². The first kappa shape index (κ1) is 64.1. The van der Waals surface area contributed by atoms with E-state index in [9.17, 15) is 19.8 Å². The number of aryl methyl sites for hydroxylation is 8. The van der Waals surface area contributed by atoms with Crippen LogP contribution in [0.1, 0.15) is 118 Å². The Kier molecular flexibility index (Phi) is 26.0. The van der Waals surface area contributed by atoms with Gasteiger partial charge in [-0.25, -0.2) is 0 Å². The van der Waals surface area contributed by atoms with Gasteiger partial charge in [-0.15, -0.1) is 0 Å². The van der Waals surface area contributed by atoms with Crippen molar-refractivity contribution >= 4 is 88.8 Å². The number of hydrogen-bond donors (Lipinski definition) is 0. The summed E-state index contributed by atoms with van der Waals surface area (Å²) >= 11 is -7.27. The molecule has 0 spiro atoms. The van der Waals surface area contributed by atoms with Crippen LogP contribution in [0.15, 0.2) is 194 Å². The van der Waals surface area contributed by atoms with Crippen LogP contribution in [-0.2, 0) is 9.59 Å². The second-order valence-corrected chi connectivity index (χ2v) is 37.5. The molecule has 8 aromatic rings. The van der Waals surface area contributed by atoms with Gasteiger partial charge in [0, 0.05) is 0 Å². The van der Waals surface area contributed by atoms with Crippen molar-refractivity contribution in [2.75, 3.05) is 0 Å². The third-order valence-electron chi connectivity index (χ3n) is 14.7. The second-order valence-electron chi connectivity index (χ2n) is 20.5. The van der Waals surface area contributed by atoms with E-state index in [1.807, 2.05) is 24.3 Å².